The molecule has 0 radical (unpaired) electrons. The van der Waals surface area contributed by atoms with Gasteiger partial charge in [-0.1, -0.05) is 0 Å². The number of thiophene rings is 1. The highest BCUT2D eigenvalue weighted by Gasteiger charge is 2.44. The van der Waals surface area contributed by atoms with Crippen LogP contribution < -0.4 is 5.32 Å². The molecule has 5 nitrogen and oxygen atoms in total. The van der Waals surface area contributed by atoms with Crippen LogP contribution in [-0.2, 0) is 9.59 Å². The normalized spacial score (nSPS) is 22.5. The zero-order chi connectivity index (χ0) is 13.6. The van der Waals surface area contributed by atoms with Crippen molar-refractivity contribution in [2.75, 3.05) is 0 Å². The molecular weight excluding hydrogens is 332 g/mol. The number of amides is 3. The molecule has 19 heavy (non-hydrogen) atoms. The number of nitrogens with one attached hydrogen (secondary N) is 1. The van der Waals surface area contributed by atoms with E-state index in [1.165, 1.54) is 11.3 Å². The molecule has 1 saturated carbocycles. The minimum Gasteiger partial charge on any atom is -0.323 e. The number of hydrogen-bond donors (Lipinski definition) is 1. The Morgan fingerprint density at radius 2 is 2.16 bits per heavy atom. The van der Waals surface area contributed by atoms with Crippen LogP contribution in [0.5, 0.6) is 0 Å². The van der Waals surface area contributed by atoms with Crippen LogP contribution in [0, 0.1) is 0 Å². The molecular formula is C12H11BrN2O3S. The highest BCUT2D eigenvalue weighted by molar-refractivity contribution is 9.11. The van der Waals surface area contributed by atoms with Crippen LogP contribution >= 0.6 is 27.3 Å². The van der Waals surface area contributed by atoms with Gasteiger partial charge in [-0.15, -0.1) is 11.3 Å². The molecule has 2 heterocycles. The van der Waals surface area contributed by atoms with Gasteiger partial charge in [-0.3, -0.25) is 19.7 Å². The lowest BCUT2D eigenvalue weighted by molar-refractivity contribution is -0.126. The summed E-state index contributed by atoms with van der Waals surface area (Å²) >= 11 is 4.75. The molecule has 100 valence electrons. The second-order valence-electron chi connectivity index (χ2n) is 4.72. The first kappa shape index (κ1) is 12.8. The molecule has 3 amide bonds. The van der Waals surface area contributed by atoms with Crippen molar-refractivity contribution in [3.05, 3.63) is 20.8 Å². The van der Waals surface area contributed by atoms with Gasteiger partial charge in [-0.05, 0) is 34.8 Å². The Bertz CT molecular complexity index is 567. The van der Waals surface area contributed by atoms with Gasteiger partial charge >= 0.3 is 0 Å². The number of carbonyl (C=O) groups excluding carboxylic acids is 3. The molecule has 2 fully saturated rings. The number of halogens is 1. The van der Waals surface area contributed by atoms with Crippen LogP contribution in [0.2, 0.25) is 0 Å². The van der Waals surface area contributed by atoms with Crippen LogP contribution in [0.1, 0.15) is 29.6 Å². The smallest absolute Gasteiger partial charge is 0.255 e. The Morgan fingerprint density at radius 3 is 2.63 bits per heavy atom. The van der Waals surface area contributed by atoms with Crippen LogP contribution in [0.4, 0.5) is 0 Å². The maximum absolute atomic E-state index is 12.5. The Labute approximate surface area is 122 Å². The van der Waals surface area contributed by atoms with Gasteiger partial charge in [0.25, 0.3) is 5.91 Å². The van der Waals surface area contributed by atoms with E-state index in [1.54, 1.807) is 16.3 Å². The molecule has 0 spiro atoms. The highest BCUT2D eigenvalue weighted by Crippen LogP contribution is 2.33. The van der Waals surface area contributed by atoms with Gasteiger partial charge in [0.1, 0.15) is 6.04 Å². The van der Waals surface area contributed by atoms with Gasteiger partial charge < -0.3 is 4.90 Å². The molecule has 1 aromatic rings. The van der Waals surface area contributed by atoms with Crippen molar-refractivity contribution in [2.45, 2.75) is 31.3 Å². The summed E-state index contributed by atoms with van der Waals surface area (Å²) in [7, 11) is 0. The fourth-order valence-electron chi connectivity index (χ4n) is 2.25. The molecule has 1 aromatic heterocycles. The molecule has 0 unspecified atom stereocenters. The van der Waals surface area contributed by atoms with Crippen LogP contribution in [0.15, 0.2) is 15.2 Å². The van der Waals surface area contributed by atoms with E-state index in [9.17, 15) is 14.4 Å². The first-order valence-electron chi connectivity index (χ1n) is 5.96. The molecule has 1 aliphatic heterocycles. The molecule has 1 aliphatic carbocycles. The van der Waals surface area contributed by atoms with Crippen molar-refractivity contribution in [3.63, 3.8) is 0 Å². The third kappa shape index (κ3) is 2.44. The first-order valence-corrected chi connectivity index (χ1v) is 7.64. The second-order valence-corrected chi connectivity index (χ2v) is 7.01. The number of hydrogen-bond acceptors (Lipinski definition) is 4. The van der Waals surface area contributed by atoms with Gasteiger partial charge in [-0.2, -0.15) is 0 Å². The molecule has 3 rings (SSSR count). The first-order chi connectivity index (χ1) is 9.06. The van der Waals surface area contributed by atoms with Crippen molar-refractivity contribution in [3.8, 4) is 0 Å². The Kier molecular flexibility index (Phi) is 3.18. The quantitative estimate of drug-likeness (QED) is 0.847. The van der Waals surface area contributed by atoms with Crippen LogP contribution in [0.25, 0.3) is 0 Å². The van der Waals surface area contributed by atoms with Gasteiger partial charge in [0.2, 0.25) is 11.8 Å². The molecule has 1 atom stereocenters. The van der Waals surface area contributed by atoms with Crippen LogP contribution in [-0.4, -0.2) is 34.7 Å². The minimum absolute atomic E-state index is 0.0758. The van der Waals surface area contributed by atoms with E-state index < -0.39 is 6.04 Å². The number of rotatable bonds is 3. The van der Waals surface area contributed by atoms with Crippen molar-refractivity contribution in [1.82, 2.24) is 10.2 Å². The van der Waals surface area contributed by atoms with E-state index in [1.807, 2.05) is 0 Å². The summed E-state index contributed by atoms with van der Waals surface area (Å²) in [5, 5.41) is 4.02. The molecule has 0 bridgehead atoms. The monoisotopic (exact) mass is 342 g/mol. The predicted molar refractivity (Wildman–Crippen MR) is 72.8 cm³/mol. The fourth-order valence-corrected chi connectivity index (χ4v) is 3.38. The topological polar surface area (TPSA) is 66.5 Å². The van der Waals surface area contributed by atoms with E-state index >= 15 is 0 Å². The average Bonchev–Trinajstić information content (AvgIpc) is 3.00. The molecule has 1 saturated heterocycles. The summed E-state index contributed by atoms with van der Waals surface area (Å²) < 4.78 is 0.874. The van der Waals surface area contributed by atoms with Gasteiger partial charge in [-0.25, -0.2) is 0 Å². The van der Waals surface area contributed by atoms with Crippen molar-refractivity contribution in [2.24, 2.45) is 0 Å². The van der Waals surface area contributed by atoms with Gasteiger partial charge in [0.05, 0.1) is 15.8 Å². The predicted octanol–water partition coefficient (Wildman–Crippen LogP) is 1.53. The standard InChI is InChI=1S/C12H11BrN2O3S/c13-9-3-6(5-19-9)12(18)15(7-1-2-7)8-4-10(16)14-11(8)17/h3,5,7-8H,1-2,4H2,(H,14,16,17)/t8-/m0/s1. The van der Waals surface area contributed by atoms with E-state index in [-0.39, 0.29) is 30.2 Å². The minimum atomic E-state index is -0.647. The highest BCUT2D eigenvalue weighted by atomic mass is 79.9. The lowest BCUT2D eigenvalue weighted by atomic mass is 10.1. The lowest BCUT2D eigenvalue weighted by Crippen LogP contribution is -2.45. The second kappa shape index (κ2) is 4.72. The molecule has 2 aliphatic rings. The number of imide groups is 1. The van der Waals surface area contributed by atoms with Crippen molar-refractivity contribution >= 4 is 45.0 Å². The summed E-state index contributed by atoms with van der Waals surface area (Å²) in [5.74, 6) is -0.834. The SMILES string of the molecule is O=C1C[C@H](N(C(=O)c2csc(Br)c2)C2CC2)C(=O)N1. The zero-order valence-electron chi connectivity index (χ0n) is 9.89. The third-order valence-corrected chi connectivity index (χ3v) is 4.77. The van der Waals surface area contributed by atoms with Crippen molar-refractivity contribution < 1.29 is 14.4 Å². The summed E-state index contributed by atoms with van der Waals surface area (Å²) in [4.78, 5) is 37.1. The molecule has 1 N–H and O–H groups in total. The van der Waals surface area contributed by atoms with Gasteiger partial charge in [0.15, 0.2) is 0 Å². The van der Waals surface area contributed by atoms with Crippen LogP contribution in [0.3, 0.4) is 0 Å². The zero-order valence-corrected chi connectivity index (χ0v) is 12.3. The fraction of sp³-hybridized carbons (Fsp3) is 0.417. The van der Waals surface area contributed by atoms with E-state index in [0.717, 1.165) is 16.6 Å². The number of carbonyl (C=O) groups is 3. The van der Waals surface area contributed by atoms with E-state index in [4.69, 9.17) is 0 Å². The summed E-state index contributed by atoms with van der Waals surface area (Å²) in [6, 6.07) is 1.19. The third-order valence-electron chi connectivity index (χ3n) is 3.27. The maximum Gasteiger partial charge on any atom is 0.255 e. The van der Waals surface area contributed by atoms with E-state index in [2.05, 4.69) is 21.2 Å². The van der Waals surface area contributed by atoms with E-state index in [0.29, 0.717) is 5.56 Å². The summed E-state index contributed by atoms with van der Waals surface area (Å²) in [6.07, 6.45) is 1.87. The van der Waals surface area contributed by atoms with Gasteiger partial charge in [0, 0.05) is 11.4 Å². The molecule has 0 aromatic carbocycles. The largest absolute Gasteiger partial charge is 0.323 e. The lowest BCUT2D eigenvalue weighted by Gasteiger charge is -2.26. The average molecular weight is 343 g/mol. The summed E-state index contributed by atoms with van der Waals surface area (Å²) in [6.45, 7) is 0. The van der Waals surface area contributed by atoms with Crippen molar-refractivity contribution in [1.29, 1.82) is 0 Å². The number of nitrogens with zero attached hydrogens (tertiary/aromatic N) is 1. The summed E-state index contributed by atoms with van der Waals surface area (Å²) in [5.41, 5.74) is 0.566. The Morgan fingerprint density at radius 1 is 1.42 bits per heavy atom. The Hall–Kier alpha value is -1.21. The Balaban J connectivity index is 1.87. The molecule has 7 heteroatoms. The maximum atomic E-state index is 12.5.